The maximum Gasteiger partial charge on any atom is 0.503 e. The first-order valence-corrected chi connectivity index (χ1v) is 9.34. The molecule has 1 fully saturated rings. The van der Waals surface area contributed by atoms with Gasteiger partial charge in [0.05, 0.1) is 6.61 Å². The molecule has 1 saturated heterocycles. The third-order valence-electron chi connectivity index (χ3n) is 2.94. The highest BCUT2D eigenvalue weighted by Crippen LogP contribution is 2.19. The quantitative estimate of drug-likeness (QED) is 0.579. The monoisotopic (exact) mass is 292 g/mol. The molecule has 6 heteroatoms. The minimum atomic E-state index is -2.56. The summed E-state index contributed by atoms with van der Waals surface area (Å²) in [5.41, 5.74) is 0. The molecule has 0 radical (unpaired) electrons. The summed E-state index contributed by atoms with van der Waals surface area (Å²) < 4.78 is 28.6. The first-order valence-electron chi connectivity index (χ1n) is 7.41. The lowest BCUT2D eigenvalue weighted by atomic mass is 10.2. The van der Waals surface area contributed by atoms with E-state index in [2.05, 4.69) is 0 Å². The van der Waals surface area contributed by atoms with E-state index in [4.69, 9.17) is 22.8 Å². The average molecular weight is 292 g/mol. The molecule has 0 aromatic heterocycles. The molecule has 1 aliphatic rings. The zero-order valence-corrected chi connectivity index (χ0v) is 13.5. The Hall–Kier alpha value is 0.0169. The van der Waals surface area contributed by atoms with Gasteiger partial charge in [0.15, 0.2) is 6.29 Å². The zero-order chi connectivity index (χ0) is 14.0. The second-order valence-electron chi connectivity index (χ2n) is 4.40. The van der Waals surface area contributed by atoms with Gasteiger partial charge >= 0.3 is 8.80 Å². The molecule has 0 spiro atoms. The molecule has 0 aromatic rings. The number of rotatable bonds is 10. The number of ether oxygens (including phenoxy) is 2. The molecule has 1 atom stereocenters. The van der Waals surface area contributed by atoms with Gasteiger partial charge in [-0.2, -0.15) is 0 Å². The minimum absolute atomic E-state index is 0.0645. The summed E-state index contributed by atoms with van der Waals surface area (Å²) in [5.74, 6) is 0. The molecule has 1 heterocycles. The van der Waals surface area contributed by atoms with Gasteiger partial charge in [0.2, 0.25) is 0 Å². The summed E-state index contributed by atoms with van der Waals surface area (Å²) in [5, 5.41) is 0. The van der Waals surface area contributed by atoms with Crippen LogP contribution >= 0.6 is 0 Å². The largest absolute Gasteiger partial charge is 0.503 e. The molecule has 0 amide bonds. The zero-order valence-electron chi connectivity index (χ0n) is 12.5. The smallest absolute Gasteiger partial charge is 0.374 e. The number of hydrogen-bond donors (Lipinski definition) is 0. The van der Waals surface area contributed by atoms with E-state index in [0.29, 0.717) is 32.5 Å². The van der Waals surface area contributed by atoms with Gasteiger partial charge in [-0.05, 0) is 40.0 Å². The fourth-order valence-electron chi connectivity index (χ4n) is 2.16. The predicted molar refractivity (Wildman–Crippen MR) is 75.0 cm³/mol. The van der Waals surface area contributed by atoms with Crippen LogP contribution in [-0.2, 0) is 22.8 Å². The third-order valence-corrected chi connectivity index (χ3v) is 5.94. The predicted octanol–water partition coefficient (Wildman–Crippen LogP) is 2.58. The third kappa shape index (κ3) is 6.33. The summed E-state index contributed by atoms with van der Waals surface area (Å²) in [6, 6.07) is 0.683. The van der Waals surface area contributed by atoms with Crippen LogP contribution in [0.1, 0.15) is 40.0 Å². The minimum Gasteiger partial charge on any atom is -0.374 e. The van der Waals surface area contributed by atoms with Crippen LogP contribution in [0.2, 0.25) is 6.04 Å². The Morgan fingerprint density at radius 1 is 1.00 bits per heavy atom. The van der Waals surface area contributed by atoms with Gasteiger partial charge in [-0.1, -0.05) is 0 Å². The highest BCUT2D eigenvalue weighted by atomic mass is 28.4. The van der Waals surface area contributed by atoms with Crippen molar-refractivity contribution in [1.29, 1.82) is 0 Å². The molecule has 1 aliphatic heterocycles. The van der Waals surface area contributed by atoms with Gasteiger partial charge < -0.3 is 22.8 Å². The molecule has 19 heavy (non-hydrogen) atoms. The van der Waals surface area contributed by atoms with E-state index < -0.39 is 8.80 Å². The fraction of sp³-hybridized carbons (Fsp3) is 1.00. The lowest BCUT2D eigenvalue weighted by Gasteiger charge is -2.29. The first-order chi connectivity index (χ1) is 9.26. The van der Waals surface area contributed by atoms with Gasteiger partial charge in [-0.25, -0.2) is 0 Å². The summed E-state index contributed by atoms with van der Waals surface area (Å²) in [4.78, 5) is 0. The van der Waals surface area contributed by atoms with Crippen LogP contribution in [0.15, 0.2) is 0 Å². The Morgan fingerprint density at radius 3 is 2.11 bits per heavy atom. The normalized spacial score (nSPS) is 20.7. The SMILES string of the molecule is CCO[Si](CCOC1CCCCO1)(OCC)OCC. The van der Waals surface area contributed by atoms with Crippen molar-refractivity contribution < 1.29 is 22.8 Å². The van der Waals surface area contributed by atoms with E-state index in [1.807, 2.05) is 20.8 Å². The van der Waals surface area contributed by atoms with Crippen LogP contribution < -0.4 is 0 Å². The molecule has 0 bridgehead atoms. The van der Waals surface area contributed by atoms with Crippen molar-refractivity contribution >= 4 is 8.80 Å². The van der Waals surface area contributed by atoms with Crippen LogP contribution in [0.3, 0.4) is 0 Å². The van der Waals surface area contributed by atoms with Crippen molar-refractivity contribution in [2.24, 2.45) is 0 Å². The van der Waals surface area contributed by atoms with Crippen LogP contribution in [-0.4, -0.2) is 48.1 Å². The van der Waals surface area contributed by atoms with Crippen molar-refractivity contribution in [2.75, 3.05) is 33.0 Å². The molecule has 1 unspecified atom stereocenters. The summed E-state index contributed by atoms with van der Waals surface area (Å²) in [6.07, 6.45) is 3.22. The Morgan fingerprint density at radius 2 is 1.63 bits per heavy atom. The van der Waals surface area contributed by atoms with E-state index in [9.17, 15) is 0 Å². The van der Waals surface area contributed by atoms with Crippen LogP contribution in [0, 0.1) is 0 Å². The molecule has 5 nitrogen and oxygen atoms in total. The summed E-state index contributed by atoms with van der Waals surface area (Å²) in [6.45, 7) is 9.07. The van der Waals surface area contributed by atoms with Gasteiger partial charge in [-0.3, -0.25) is 0 Å². The van der Waals surface area contributed by atoms with E-state index in [1.54, 1.807) is 0 Å². The van der Waals surface area contributed by atoms with Crippen LogP contribution in [0.4, 0.5) is 0 Å². The molecule has 0 aromatic carbocycles. The molecule has 1 rings (SSSR count). The van der Waals surface area contributed by atoms with Gasteiger partial charge in [0.1, 0.15) is 0 Å². The average Bonchev–Trinajstić information content (AvgIpc) is 2.41. The molecule has 0 N–H and O–H groups in total. The first kappa shape index (κ1) is 17.1. The van der Waals surface area contributed by atoms with Crippen molar-refractivity contribution in [1.82, 2.24) is 0 Å². The van der Waals surface area contributed by atoms with Gasteiger partial charge in [0.25, 0.3) is 0 Å². The van der Waals surface area contributed by atoms with Crippen LogP contribution in [0.5, 0.6) is 0 Å². The molecular weight excluding hydrogens is 264 g/mol. The summed E-state index contributed by atoms with van der Waals surface area (Å²) >= 11 is 0. The highest BCUT2D eigenvalue weighted by Gasteiger charge is 2.40. The fourth-order valence-corrected chi connectivity index (χ4v) is 4.53. The van der Waals surface area contributed by atoms with Crippen LogP contribution in [0.25, 0.3) is 0 Å². The Labute approximate surface area is 117 Å². The van der Waals surface area contributed by atoms with Gasteiger partial charge in [-0.15, -0.1) is 0 Å². The Kier molecular flexibility index (Phi) is 8.85. The summed E-state index contributed by atoms with van der Waals surface area (Å²) in [7, 11) is -2.56. The lowest BCUT2D eigenvalue weighted by Crippen LogP contribution is -2.47. The van der Waals surface area contributed by atoms with Crippen molar-refractivity contribution in [2.45, 2.75) is 52.4 Å². The van der Waals surface area contributed by atoms with E-state index in [1.165, 1.54) is 6.42 Å². The van der Waals surface area contributed by atoms with Crippen molar-refractivity contribution in [3.8, 4) is 0 Å². The maximum atomic E-state index is 5.77. The van der Waals surface area contributed by atoms with Crippen molar-refractivity contribution in [3.63, 3.8) is 0 Å². The topological polar surface area (TPSA) is 46.2 Å². The Bertz CT molecular complexity index is 204. The Balaban J connectivity index is 2.36. The second kappa shape index (κ2) is 9.85. The van der Waals surface area contributed by atoms with Gasteiger partial charge in [0, 0.05) is 32.5 Å². The highest BCUT2D eigenvalue weighted by molar-refractivity contribution is 6.60. The van der Waals surface area contributed by atoms with E-state index in [0.717, 1.165) is 19.4 Å². The molecular formula is C13H28O5Si. The number of hydrogen-bond acceptors (Lipinski definition) is 5. The van der Waals surface area contributed by atoms with E-state index >= 15 is 0 Å². The molecule has 114 valence electrons. The molecule has 0 saturated carbocycles. The second-order valence-corrected chi connectivity index (χ2v) is 7.13. The molecule has 0 aliphatic carbocycles. The van der Waals surface area contributed by atoms with Crippen molar-refractivity contribution in [3.05, 3.63) is 0 Å². The maximum absolute atomic E-state index is 5.77. The standard InChI is InChI=1S/C13H28O5Si/c1-4-16-19(17-5-2,18-6-3)12-11-15-13-9-7-8-10-14-13/h13H,4-12H2,1-3H3. The lowest BCUT2D eigenvalue weighted by molar-refractivity contribution is -0.160. The van der Waals surface area contributed by atoms with E-state index in [-0.39, 0.29) is 6.29 Å².